The SMILES string of the molecule is c1c(C2CCCCCC2)nnn1C1CNC1. The van der Waals surface area contributed by atoms with Crippen LogP contribution in [0.3, 0.4) is 0 Å². The van der Waals surface area contributed by atoms with Gasteiger partial charge in [-0.1, -0.05) is 30.9 Å². The second-order valence-electron chi connectivity index (χ2n) is 5.12. The average molecular weight is 220 g/mol. The van der Waals surface area contributed by atoms with Crippen molar-refractivity contribution < 1.29 is 0 Å². The summed E-state index contributed by atoms with van der Waals surface area (Å²) in [7, 11) is 0. The van der Waals surface area contributed by atoms with Gasteiger partial charge in [0.15, 0.2) is 0 Å². The first-order valence-electron chi connectivity index (χ1n) is 6.56. The summed E-state index contributed by atoms with van der Waals surface area (Å²) in [6.45, 7) is 2.10. The molecular formula is C12H20N4. The fraction of sp³-hybridized carbons (Fsp3) is 0.833. The van der Waals surface area contributed by atoms with Crippen LogP contribution in [0, 0.1) is 0 Å². The van der Waals surface area contributed by atoms with Crippen LogP contribution in [0.1, 0.15) is 56.2 Å². The van der Waals surface area contributed by atoms with E-state index in [-0.39, 0.29) is 0 Å². The molecule has 1 aromatic rings. The Labute approximate surface area is 96.4 Å². The molecule has 0 amide bonds. The van der Waals surface area contributed by atoms with Gasteiger partial charge in [-0.05, 0) is 12.8 Å². The molecule has 4 heteroatoms. The lowest BCUT2D eigenvalue weighted by atomic mass is 9.97. The molecule has 0 radical (unpaired) electrons. The third-order valence-electron chi connectivity index (χ3n) is 3.94. The quantitative estimate of drug-likeness (QED) is 0.774. The number of hydrogen-bond acceptors (Lipinski definition) is 3. The number of aromatic nitrogens is 3. The van der Waals surface area contributed by atoms with Crippen LogP contribution in [0.2, 0.25) is 0 Å². The standard InChI is InChI=1S/C12H20N4/c1-2-4-6-10(5-3-1)12-9-16(15-14-12)11-7-13-8-11/h9-11,13H,1-8H2. The minimum absolute atomic E-state index is 0.548. The summed E-state index contributed by atoms with van der Waals surface area (Å²) in [5, 5.41) is 11.9. The Bertz CT molecular complexity index is 335. The van der Waals surface area contributed by atoms with E-state index in [1.807, 2.05) is 0 Å². The Hall–Kier alpha value is -0.900. The van der Waals surface area contributed by atoms with E-state index in [4.69, 9.17) is 0 Å². The molecule has 88 valence electrons. The maximum atomic E-state index is 4.37. The molecule has 0 aromatic carbocycles. The van der Waals surface area contributed by atoms with Gasteiger partial charge >= 0.3 is 0 Å². The Morgan fingerprint density at radius 1 is 1.12 bits per heavy atom. The molecular weight excluding hydrogens is 200 g/mol. The molecule has 3 rings (SSSR count). The molecule has 1 aromatic heterocycles. The zero-order valence-electron chi connectivity index (χ0n) is 9.73. The van der Waals surface area contributed by atoms with Crippen molar-refractivity contribution >= 4 is 0 Å². The summed E-state index contributed by atoms with van der Waals surface area (Å²) < 4.78 is 2.05. The molecule has 4 nitrogen and oxygen atoms in total. The van der Waals surface area contributed by atoms with Gasteiger partial charge in [-0.25, -0.2) is 4.68 Å². The second kappa shape index (κ2) is 4.53. The van der Waals surface area contributed by atoms with Gasteiger partial charge in [0, 0.05) is 25.2 Å². The van der Waals surface area contributed by atoms with Crippen molar-refractivity contribution in [3.63, 3.8) is 0 Å². The van der Waals surface area contributed by atoms with Gasteiger partial charge in [0.25, 0.3) is 0 Å². The van der Waals surface area contributed by atoms with Crippen molar-refractivity contribution in [1.82, 2.24) is 20.3 Å². The summed E-state index contributed by atoms with van der Waals surface area (Å²) in [5.74, 6) is 0.671. The Kier molecular flexibility index (Phi) is 2.91. The predicted octanol–water partition coefficient (Wildman–Crippen LogP) is 1.86. The highest BCUT2D eigenvalue weighted by atomic mass is 15.4. The fourth-order valence-electron chi connectivity index (χ4n) is 2.69. The van der Waals surface area contributed by atoms with Gasteiger partial charge in [-0.15, -0.1) is 5.10 Å². The van der Waals surface area contributed by atoms with Crippen molar-refractivity contribution in [1.29, 1.82) is 0 Å². The molecule has 1 saturated heterocycles. The highest BCUT2D eigenvalue weighted by Gasteiger charge is 2.22. The van der Waals surface area contributed by atoms with Crippen LogP contribution in [0.15, 0.2) is 6.20 Å². The maximum Gasteiger partial charge on any atom is 0.0858 e. The maximum absolute atomic E-state index is 4.37. The second-order valence-corrected chi connectivity index (χ2v) is 5.12. The zero-order chi connectivity index (χ0) is 10.8. The number of hydrogen-bond donors (Lipinski definition) is 1. The molecule has 0 spiro atoms. The highest BCUT2D eigenvalue weighted by Crippen LogP contribution is 2.30. The van der Waals surface area contributed by atoms with Gasteiger partial charge < -0.3 is 5.32 Å². The average Bonchev–Trinajstić information content (AvgIpc) is 2.52. The molecule has 0 atom stereocenters. The van der Waals surface area contributed by atoms with Crippen molar-refractivity contribution in [2.24, 2.45) is 0 Å². The summed E-state index contributed by atoms with van der Waals surface area (Å²) in [6.07, 6.45) is 10.3. The van der Waals surface area contributed by atoms with E-state index in [0.29, 0.717) is 12.0 Å². The fourth-order valence-corrected chi connectivity index (χ4v) is 2.69. The van der Waals surface area contributed by atoms with Crippen LogP contribution in [-0.4, -0.2) is 28.1 Å². The molecule has 2 fully saturated rings. The number of rotatable bonds is 2. The molecule has 0 unspecified atom stereocenters. The van der Waals surface area contributed by atoms with Crippen LogP contribution in [0.25, 0.3) is 0 Å². The van der Waals surface area contributed by atoms with Crippen molar-refractivity contribution in [3.05, 3.63) is 11.9 Å². The van der Waals surface area contributed by atoms with E-state index in [1.165, 1.54) is 44.2 Å². The molecule has 0 bridgehead atoms. The van der Waals surface area contributed by atoms with E-state index in [0.717, 1.165) is 13.1 Å². The van der Waals surface area contributed by atoms with Gasteiger partial charge in [0.2, 0.25) is 0 Å². The Morgan fingerprint density at radius 3 is 2.50 bits per heavy atom. The molecule has 16 heavy (non-hydrogen) atoms. The van der Waals surface area contributed by atoms with E-state index in [2.05, 4.69) is 26.5 Å². The Balaban J connectivity index is 1.70. The first kappa shape index (κ1) is 10.3. The zero-order valence-corrected chi connectivity index (χ0v) is 9.73. The van der Waals surface area contributed by atoms with Crippen molar-refractivity contribution in [3.8, 4) is 0 Å². The first-order valence-corrected chi connectivity index (χ1v) is 6.56. The molecule has 2 heterocycles. The molecule has 1 N–H and O–H groups in total. The van der Waals surface area contributed by atoms with E-state index in [9.17, 15) is 0 Å². The van der Waals surface area contributed by atoms with E-state index >= 15 is 0 Å². The van der Waals surface area contributed by atoms with Gasteiger partial charge in [-0.3, -0.25) is 0 Å². The van der Waals surface area contributed by atoms with Gasteiger partial charge in [-0.2, -0.15) is 0 Å². The highest BCUT2D eigenvalue weighted by molar-refractivity contribution is 5.03. The lowest BCUT2D eigenvalue weighted by Gasteiger charge is -2.26. The van der Waals surface area contributed by atoms with Gasteiger partial charge in [0.1, 0.15) is 0 Å². The lowest BCUT2D eigenvalue weighted by molar-refractivity contribution is 0.312. The number of nitrogens with zero attached hydrogens (tertiary/aromatic N) is 3. The van der Waals surface area contributed by atoms with Crippen LogP contribution >= 0.6 is 0 Å². The molecule has 1 aliphatic carbocycles. The molecule has 1 aliphatic heterocycles. The minimum Gasteiger partial charge on any atom is -0.312 e. The summed E-state index contributed by atoms with van der Waals surface area (Å²) in [5.41, 5.74) is 1.23. The van der Waals surface area contributed by atoms with E-state index < -0.39 is 0 Å². The van der Waals surface area contributed by atoms with Crippen LogP contribution < -0.4 is 5.32 Å². The van der Waals surface area contributed by atoms with Crippen LogP contribution in [0.4, 0.5) is 0 Å². The van der Waals surface area contributed by atoms with Gasteiger partial charge in [0.05, 0.1) is 11.7 Å². The molecule has 1 saturated carbocycles. The topological polar surface area (TPSA) is 42.7 Å². The lowest BCUT2D eigenvalue weighted by Crippen LogP contribution is -2.43. The Morgan fingerprint density at radius 2 is 1.88 bits per heavy atom. The van der Waals surface area contributed by atoms with E-state index in [1.54, 1.807) is 0 Å². The van der Waals surface area contributed by atoms with Crippen molar-refractivity contribution in [2.75, 3.05) is 13.1 Å². The summed E-state index contributed by atoms with van der Waals surface area (Å²) >= 11 is 0. The molecule has 2 aliphatic rings. The smallest absolute Gasteiger partial charge is 0.0858 e. The minimum atomic E-state index is 0.548. The third-order valence-corrected chi connectivity index (χ3v) is 3.94. The normalized spacial score (nSPS) is 24.0. The monoisotopic (exact) mass is 220 g/mol. The summed E-state index contributed by atoms with van der Waals surface area (Å²) in [6, 6.07) is 0.548. The van der Waals surface area contributed by atoms with Crippen LogP contribution in [0.5, 0.6) is 0 Å². The predicted molar refractivity (Wildman–Crippen MR) is 62.4 cm³/mol. The number of nitrogens with one attached hydrogen (secondary N) is 1. The third kappa shape index (κ3) is 1.98. The van der Waals surface area contributed by atoms with Crippen LogP contribution in [-0.2, 0) is 0 Å². The van der Waals surface area contributed by atoms with Crippen molar-refractivity contribution in [2.45, 2.75) is 50.5 Å². The first-order chi connectivity index (χ1) is 7.93. The largest absolute Gasteiger partial charge is 0.312 e. The summed E-state index contributed by atoms with van der Waals surface area (Å²) in [4.78, 5) is 0.